The molecule has 2 fully saturated rings. The van der Waals surface area contributed by atoms with Crippen LogP contribution in [-0.4, -0.2) is 45.9 Å². The van der Waals surface area contributed by atoms with Gasteiger partial charge in [-0.1, -0.05) is 6.07 Å². The minimum absolute atomic E-state index is 0.329. The summed E-state index contributed by atoms with van der Waals surface area (Å²) in [6.45, 7) is 1.83. The molecule has 0 N–H and O–H groups in total. The molecule has 1 aliphatic heterocycles. The molecule has 2 aliphatic rings. The zero-order valence-electron chi connectivity index (χ0n) is 14.2. The second-order valence-corrected chi connectivity index (χ2v) is 6.51. The van der Waals surface area contributed by atoms with Crippen molar-refractivity contribution in [1.29, 1.82) is 0 Å². The van der Waals surface area contributed by atoms with Gasteiger partial charge in [0.25, 0.3) is 0 Å². The van der Waals surface area contributed by atoms with Crippen LogP contribution in [0.25, 0.3) is 0 Å². The molecule has 128 valence electrons. The van der Waals surface area contributed by atoms with E-state index in [1.165, 1.54) is 24.8 Å². The zero-order valence-corrected chi connectivity index (χ0v) is 14.2. The summed E-state index contributed by atoms with van der Waals surface area (Å²) in [5.41, 5.74) is 1.21. The Labute approximate surface area is 141 Å². The second kappa shape index (κ2) is 6.39. The minimum atomic E-state index is 0.329. The van der Waals surface area contributed by atoms with Crippen molar-refractivity contribution in [3.8, 4) is 11.5 Å². The first kappa shape index (κ1) is 15.4. The van der Waals surface area contributed by atoms with E-state index in [0.29, 0.717) is 12.1 Å². The Morgan fingerprint density at radius 1 is 1.17 bits per heavy atom. The molecule has 1 aromatic heterocycles. The maximum Gasteiger partial charge on any atom is 0.165 e. The Balaban J connectivity index is 1.57. The van der Waals surface area contributed by atoms with E-state index >= 15 is 0 Å². The maximum atomic E-state index is 5.60. The highest BCUT2D eigenvalue weighted by atomic mass is 16.5. The van der Waals surface area contributed by atoms with Gasteiger partial charge in [-0.25, -0.2) is 4.68 Å². The maximum absolute atomic E-state index is 5.60. The first-order valence-corrected chi connectivity index (χ1v) is 8.53. The van der Waals surface area contributed by atoms with Crippen LogP contribution in [0.1, 0.15) is 49.2 Å². The Bertz CT molecular complexity index is 713. The van der Waals surface area contributed by atoms with Crippen molar-refractivity contribution < 1.29 is 9.47 Å². The van der Waals surface area contributed by atoms with Crippen LogP contribution in [0.4, 0.5) is 0 Å². The van der Waals surface area contributed by atoms with E-state index in [1.807, 2.05) is 16.8 Å². The fourth-order valence-electron chi connectivity index (χ4n) is 3.56. The van der Waals surface area contributed by atoms with E-state index in [0.717, 1.165) is 36.8 Å². The summed E-state index contributed by atoms with van der Waals surface area (Å²) >= 11 is 0. The highest BCUT2D eigenvalue weighted by Gasteiger charge is 2.32. The minimum Gasteiger partial charge on any atom is -0.497 e. The summed E-state index contributed by atoms with van der Waals surface area (Å²) in [5.74, 6) is 2.67. The average Bonchev–Trinajstić information content (AvgIpc) is 3.18. The van der Waals surface area contributed by atoms with Crippen molar-refractivity contribution >= 4 is 0 Å². The Hall–Kier alpha value is -2.15. The predicted molar refractivity (Wildman–Crippen MR) is 88.0 cm³/mol. The number of benzene rings is 1. The van der Waals surface area contributed by atoms with Gasteiger partial charge in [0.2, 0.25) is 0 Å². The van der Waals surface area contributed by atoms with Gasteiger partial charge in [0.05, 0.1) is 26.8 Å². The third kappa shape index (κ3) is 2.84. The number of hydrogen-bond acceptors (Lipinski definition) is 6. The second-order valence-electron chi connectivity index (χ2n) is 6.51. The van der Waals surface area contributed by atoms with Crippen molar-refractivity contribution in [2.24, 2.45) is 0 Å². The van der Waals surface area contributed by atoms with Crippen molar-refractivity contribution in [2.45, 2.75) is 44.3 Å². The van der Waals surface area contributed by atoms with Crippen molar-refractivity contribution in [1.82, 2.24) is 25.1 Å². The quantitative estimate of drug-likeness (QED) is 0.810. The number of tetrazole rings is 1. The van der Waals surface area contributed by atoms with Crippen LogP contribution in [0.15, 0.2) is 18.2 Å². The lowest BCUT2D eigenvalue weighted by molar-refractivity contribution is 0.232. The third-order valence-corrected chi connectivity index (χ3v) is 4.96. The molecule has 24 heavy (non-hydrogen) atoms. The number of ether oxygens (including phenoxy) is 2. The van der Waals surface area contributed by atoms with E-state index in [9.17, 15) is 0 Å². The van der Waals surface area contributed by atoms with E-state index < -0.39 is 0 Å². The Kier molecular flexibility index (Phi) is 4.10. The molecule has 4 rings (SSSR count). The van der Waals surface area contributed by atoms with Gasteiger partial charge in [0.15, 0.2) is 5.82 Å². The monoisotopic (exact) mass is 329 g/mol. The van der Waals surface area contributed by atoms with Gasteiger partial charge < -0.3 is 9.47 Å². The van der Waals surface area contributed by atoms with Gasteiger partial charge in [-0.3, -0.25) is 4.90 Å². The first-order chi connectivity index (χ1) is 11.8. The van der Waals surface area contributed by atoms with Crippen LogP contribution in [0.3, 0.4) is 0 Å². The van der Waals surface area contributed by atoms with Crippen molar-refractivity contribution in [2.75, 3.05) is 20.8 Å². The van der Waals surface area contributed by atoms with Gasteiger partial charge in [-0.05, 0) is 48.7 Å². The highest BCUT2D eigenvalue weighted by Crippen LogP contribution is 2.40. The highest BCUT2D eigenvalue weighted by molar-refractivity contribution is 5.42. The molecule has 0 radical (unpaired) electrons. The molecule has 0 spiro atoms. The molecular formula is C17H23N5O2. The van der Waals surface area contributed by atoms with Crippen LogP contribution >= 0.6 is 0 Å². The topological polar surface area (TPSA) is 65.3 Å². The van der Waals surface area contributed by atoms with Gasteiger partial charge in [-0.2, -0.15) is 0 Å². The molecule has 2 aromatic rings. The Morgan fingerprint density at radius 2 is 2.04 bits per heavy atom. The Morgan fingerprint density at radius 3 is 2.79 bits per heavy atom. The van der Waals surface area contributed by atoms with E-state index in [1.54, 1.807) is 14.2 Å². The number of aromatic nitrogens is 4. The third-order valence-electron chi connectivity index (χ3n) is 4.96. The number of nitrogens with zero attached hydrogens (tertiary/aromatic N) is 5. The summed E-state index contributed by atoms with van der Waals surface area (Å²) in [6.07, 6.45) is 4.67. The number of methoxy groups -OCH3 is 2. The van der Waals surface area contributed by atoms with Crippen LogP contribution in [0.5, 0.6) is 11.5 Å². The first-order valence-electron chi connectivity index (χ1n) is 8.53. The lowest BCUT2D eigenvalue weighted by Gasteiger charge is -2.25. The summed E-state index contributed by atoms with van der Waals surface area (Å²) in [4.78, 5) is 2.45. The normalized spacial score (nSPS) is 21.2. The standard InChI is InChI=1S/C17H23N5O2/c1-23-13-7-8-14(16(10-13)24-2)15-4-3-9-21(15)11-17-18-19-20-22(17)12-5-6-12/h7-8,10,12,15H,3-6,9,11H2,1-2H3. The van der Waals surface area contributed by atoms with E-state index in [4.69, 9.17) is 9.47 Å². The van der Waals surface area contributed by atoms with Gasteiger partial charge >= 0.3 is 0 Å². The molecule has 2 heterocycles. The smallest absolute Gasteiger partial charge is 0.165 e. The predicted octanol–water partition coefficient (Wildman–Crippen LogP) is 2.36. The molecule has 0 bridgehead atoms. The fraction of sp³-hybridized carbons (Fsp3) is 0.588. The molecule has 7 nitrogen and oxygen atoms in total. The summed E-state index contributed by atoms with van der Waals surface area (Å²) in [6, 6.07) is 6.91. The molecule has 1 saturated heterocycles. The SMILES string of the molecule is COc1ccc(C2CCCN2Cc2nnnn2C2CC2)c(OC)c1. The summed E-state index contributed by atoms with van der Waals surface area (Å²) < 4.78 is 12.9. The van der Waals surface area contributed by atoms with Crippen LogP contribution in [-0.2, 0) is 6.54 Å². The van der Waals surface area contributed by atoms with Crippen molar-refractivity contribution in [3.05, 3.63) is 29.6 Å². The number of rotatable bonds is 6. The van der Waals surface area contributed by atoms with Gasteiger partial charge in [-0.15, -0.1) is 5.10 Å². The van der Waals surface area contributed by atoms with Crippen LogP contribution < -0.4 is 9.47 Å². The van der Waals surface area contributed by atoms with Crippen molar-refractivity contribution in [3.63, 3.8) is 0 Å². The molecule has 1 atom stereocenters. The summed E-state index contributed by atoms with van der Waals surface area (Å²) in [7, 11) is 3.39. The van der Waals surface area contributed by atoms with Gasteiger partial charge in [0.1, 0.15) is 11.5 Å². The lowest BCUT2D eigenvalue weighted by Crippen LogP contribution is -2.25. The zero-order chi connectivity index (χ0) is 16.5. The lowest BCUT2D eigenvalue weighted by atomic mass is 10.0. The van der Waals surface area contributed by atoms with Gasteiger partial charge in [0, 0.05) is 17.7 Å². The number of hydrogen-bond donors (Lipinski definition) is 0. The van der Waals surface area contributed by atoms with Crippen LogP contribution in [0, 0.1) is 0 Å². The summed E-state index contributed by atoms with van der Waals surface area (Å²) in [5, 5.41) is 12.3. The molecule has 1 unspecified atom stereocenters. The molecule has 1 aliphatic carbocycles. The largest absolute Gasteiger partial charge is 0.497 e. The molecule has 7 heteroatoms. The van der Waals surface area contributed by atoms with E-state index in [2.05, 4.69) is 26.5 Å². The van der Waals surface area contributed by atoms with E-state index in [-0.39, 0.29) is 0 Å². The van der Waals surface area contributed by atoms with Crippen LogP contribution in [0.2, 0.25) is 0 Å². The average molecular weight is 329 g/mol. The molecule has 1 saturated carbocycles. The molecular weight excluding hydrogens is 306 g/mol. The molecule has 1 aromatic carbocycles. The fourth-order valence-corrected chi connectivity index (χ4v) is 3.56. The molecule has 0 amide bonds. The number of likely N-dealkylation sites (tertiary alicyclic amines) is 1.